The minimum Gasteiger partial charge on any atom is -0.398 e. The maximum absolute atomic E-state index is 9.28. The number of hydrogen-bond acceptors (Lipinski definition) is 6. The highest BCUT2D eigenvalue weighted by Crippen LogP contribution is 2.26. The summed E-state index contributed by atoms with van der Waals surface area (Å²) in [5.41, 5.74) is 13.1. The highest BCUT2D eigenvalue weighted by atomic mass is 32.2. The van der Waals surface area contributed by atoms with E-state index in [9.17, 15) is 5.11 Å². The van der Waals surface area contributed by atoms with E-state index in [0.717, 1.165) is 50.3 Å². The Bertz CT molecular complexity index is 511. The summed E-state index contributed by atoms with van der Waals surface area (Å²) in [6.45, 7) is 2.80. The molecule has 3 rings (SSSR count). The molecule has 1 aromatic carbocycles. The van der Waals surface area contributed by atoms with Gasteiger partial charge < -0.3 is 21.3 Å². The molecule has 2 saturated heterocycles. The molecule has 144 valence electrons. The molecule has 0 saturated carbocycles. The predicted octanol–water partition coefficient (Wildman–Crippen LogP) is 2.71. The molecule has 1 unspecified atom stereocenters. The average Bonchev–Trinajstić information content (AvgIpc) is 2.56. The number of rotatable bonds is 4. The van der Waals surface area contributed by atoms with E-state index in [1.807, 2.05) is 42.0 Å². The topological polar surface area (TPSA) is 84.7 Å². The van der Waals surface area contributed by atoms with E-state index in [4.69, 9.17) is 16.2 Å². The van der Waals surface area contributed by atoms with Gasteiger partial charge in [-0.3, -0.25) is 4.90 Å². The molecule has 0 aromatic heterocycles. The van der Waals surface area contributed by atoms with Gasteiger partial charge in [0, 0.05) is 32.9 Å². The number of nitrogens with two attached hydrogens (primary N) is 2. The van der Waals surface area contributed by atoms with E-state index in [1.54, 1.807) is 11.8 Å². The quantitative estimate of drug-likeness (QED) is 0.708. The number of aliphatic hydroxyl groups is 1. The Morgan fingerprint density at radius 2 is 1.96 bits per heavy atom. The standard InChI is InChI=1S/C9H18N2O2.C9H11NS.CH4.H2/c10-9(12)8-1-4-11(8)7-2-5-13-6-3-7;1-11-7-9(10)8-5-3-2-4-6-8;;/h7-9,12H,1-6,10H2;2-7H,10H2,1H3;1H4;1H/b;9-7-;;/t8-,9?;;;/m0.../s1. The van der Waals surface area contributed by atoms with E-state index in [0.29, 0.717) is 6.04 Å². The summed E-state index contributed by atoms with van der Waals surface area (Å²) in [6.07, 6.45) is 4.54. The molecule has 2 aliphatic heterocycles. The predicted molar refractivity (Wildman–Crippen MR) is 110 cm³/mol. The summed E-state index contributed by atoms with van der Waals surface area (Å²) in [7, 11) is 0. The molecule has 1 aromatic rings. The molecule has 25 heavy (non-hydrogen) atoms. The van der Waals surface area contributed by atoms with Crippen LogP contribution in [0.4, 0.5) is 0 Å². The van der Waals surface area contributed by atoms with Crippen LogP contribution in [0, 0.1) is 0 Å². The van der Waals surface area contributed by atoms with E-state index in [2.05, 4.69) is 4.90 Å². The molecule has 2 atom stereocenters. The first-order valence-electron chi connectivity index (χ1n) is 8.44. The molecule has 0 amide bonds. The fraction of sp³-hybridized carbons (Fsp3) is 0.579. The summed E-state index contributed by atoms with van der Waals surface area (Å²) in [5.74, 6) is 0. The van der Waals surface area contributed by atoms with Crippen LogP contribution in [-0.2, 0) is 4.74 Å². The number of benzene rings is 1. The molecule has 2 fully saturated rings. The Labute approximate surface area is 157 Å². The van der Waals surface area contributed by atoms with Gasteiger partial charge in [0.2, 0.25) is 0 Å². The molecule has 5 nitrogen and oxygen atoms in total. The summed E-state index contributed by atoms with van der Waals surface area (Å²) in [4.78, 5) is 2.33. The second-order valence-electron chi connectivity index (χ2n) is 6.10. The van der Waals surface area contributed by atoms with Gasteiger partial charge in [-0.15, -0.1) is 11.8 Å². The number of aliphatic hydroxyl groups excluding tert-OH is 1. The van der Waals surface area contributed by atoms with Crippen LogP contribution >= 0.6 is 11.8 Å². The zero-order valence-corrected chi connectivity index (χ0v) is 15.1. The molecular weight excluding hydrogens is 334 g/mol. The maximum atomic E-state index is 9.28. The summed E-state index contributed by atoms with van der Waals surface area (Å²) < 4.78 is 5.29. The second-order valence-corrected chi connectivity index (χ2v) is 6.81. The number of nitrogens with zero attached hydrogens (tertiary/aromatic N) is 1. The third-order valence-electron chi connectivity index (χ3n) is 4.52. The van der Waals surface area contributed by atoms with Crippen molar-refractivity contribution >= 4 is 17.5 Å². The first-order chi connectivity index (χ1) is 11.6. The van der Waals surface area contributed by atoms with Crippen LogP contribution in [0.3, 0.4) is 0 Å². The van der Waals surface area contributed by atoms with Crippen molar-refractivity contribution in [2.24, 2.45) is 11.5 Å². The normalized spacial score (nSPS) is 22.8. The lowest BCUT2D eigenvalue weighted by atomic mass is 9.95. The first-order valence-corrected chi connectivity index (χ1v) is 9.73. The molecule has 2 heterocycles. The minimum absolute atomic E-state index is 0. The van der Waals surface area contributed by atoms with Crippen LogP contribution in [0.1, 0.15) is 33.7 Å². The Kier molecular flexibility index (Phi) is 10.2. The number of ether oxygens (including phenoxy) is 1. The molecular formula is C19H35N3O2S. The van der Waals surface area contributed by atoms with Gasteiger partial charge >= 0.3 is 0 Å². The molecule has 0 bridgehead atoms. The Hall–Kier alpha value is -1.05. The zero-order valence-electron chi connectivity index (χ0n) is 14.3. The van der Waals surface area contributed by atoms with Crippen molar-refractivity contribution in [3.05, 3.63) is 41.3 Å². The van der Waals surface area contributed by atoms with Crippen LogP contribution in [0.2, 0.25) is 0 Å². The molecule has 0 aliphatic carbocycles. The lowest BCUT2D eigenvalue weighted by Crippen LogP contribution is -2.61. The van der Waals surface area contributed by atoms with Crippen LogP contribution in [-0.4, -0.2) is 54.3 Å². The Balaban J connectivity index is 0.000000453. The highest BCUT2D eigenvalue weighted by molar-refractivity contribution is 8.01. The van der Waals surface area contributed by atoms with Gasteiger partial charge in [0.15, 0.2) is 0 Å². The molecule has 5 N–H and O–H groups in total. The van der Waals surface area contributed by atoms with Gasteiger partial charge in [-0.05, 0) is 36.5 Å². The average molecular weight is 370 g/mol. The lowest BCUT2D eigenvalue weighted by molar-refractivity contribution is -0.0677. The van der Waals surface area contributed by atoms with Crippen LogP contribution in [0.25, 0.3) is 5.70 Å². The number of hydrogen-bond donors (Lipinski definition) is 3. The van der Waals surface area contributed by atoms with Gasteiger partial charge in [-0.25, -0.2) is 0 Å². The smallest absolute Gasteiger partial charge is 0.118 e. The number of thioether (sulfide) groups is 1. The number of likely N-dealkylation sites (tertiary alicyclic amines) is 1. The highest BCUT2D eigenvalue weighted by Gasteiger charge is 2.37. The van der Waals surface area contributed by atoms with Gasteiger partial charge in [-0.1, -0.05) is 37.8 Å². The summed E-state index contributed by atoms with van der Waals surface area (Å²) in [5, 5.41) is 11.2. The first kappa shape index (κ1) is 22.0. The Morgan fingerprint density at radius 1 is 1.32 bits per heavy atom. The van der Waals surface area contributed by atoms with E-state index in [1.165, 1.54) is 0 Å². The van der Waals surface area contributed by atoms with E-state index in [-0.39, 0.29) is 14.9 Å². The lowest BCUT2D eigenvalue weighted by Gasteiger charge is -2.48. The van der Waals surface area contributed by atoms with Gasteiger partial charge in [0.05, 0.1) is 6.04 Å². The van der Waals surface area contributed by atoms with E-state index < -0.39 is 6.23 Å². The fourth-order valence-electron chi connectivity index (χ4n) is 3.09. The van der Waals surface area contributed by atoms with Gasteiger partial charge in [-0.2, -0.15) is 0 Å². The van der Waals surface area contributed by atoms with Gasteiger partial charge in [0.25, 0.3) is 0 Å². The summed E-state index contributed by atoms with van der Waals surface area (Å²) in [6, 6.07) is 10.7. The van der Waals surface area contributed by atoms with Crippen LogP contribution < -0.4 is 11.5 Å². The minimum atomic E-state index is -0.670. The maximum Gasteiger partial charge on any atom is 0.118 e. The Morgan fingerprint density at radius 3 is 2.44 bits per heavy atom. The van der Waals surface area contributed by atoms with Crippen molar-refractivity contribution in [2.45, 2.75) is 45.0 Å². The van der Waals surface area contributed by atoms with Gasteiger partial charge in [0.1, 0.15) is 6.23 Å². The fourth-order valence-corrected chi connectivity index (χ4v) is 3.48. The van der Waals surface area contributed by atoms with Crippen molar-refractivity contribution in [3.63, 3.8) is 0 Å². The third-order valence-corrected chi connectivity index (χ3v) is 5.00. The second kappa shape index (κ2) is 11.5. The van der Waals surface area contributed by atoms with Crippen molar-refractivity contribution in [3.8, 4) is 0 Å². The van der Waals surface area contributed by atoms with E-state index >= 15 is 0 Å². The summed E-state index contributed by atoms with van der Waals surface area (Å²) >= 11 is 1.62. The van der Waals surface area contributed by atoms with Crippen LogP contribution in [0.15, 0.2) is 35.7 Å². The van der Waals surface area contributed by atoms with Crippen molar-refractivity contribution < 1.29 is 11.3 Å². The van der Waals surface area contributed by atoms with Crippen molar-refractivity contribution in [1.29, 1.82) is 0 Å². The largest absolute Gasteiger partial charge is 0.398 e. The molecule has 0 radical (unpaired) electrons. The molecule has 0 spiro atoms. The van der Waals surface area contributed by atoms with Crippen LogP contribution in [0.5, 0.6) is 0 Å². The molecule has 6 heteroatoms. The monoisotopic (exact) mass is 369 g/mol. The SMILES string of the molecule is C.CS/C=C(\N)c1ccccc1.NC(O)[C@@H]1CCN1C1CCOCC1.[HH]. The van der Waals surface area contributed by atoms with Crippen molar-refractivity contribution in [2.75, 3.05) is 26.0 Å². The zero-order chi connectivity index (χ0) is 17.4. The molecule has 2 aliphatic rings. The van der Waals surface area contributed by atoms with Crippen molar-refractivity contribution in [1.82, 2.24) is 4.90 Å². The third kappa shape index (κ3) is 6.64.